The molecule has 0 amide bonds. The maximum absolute atomic E-state index is 7.98. The molecule has 0 unspecified atom stereocenters. The fourth-order valence-corrected chi connectivity index (χ4v) is 0.386. The number of aliphatic imine (C=N–C) groups is 1. The molecular formula is C5H7N3S. The quantitative estimate of drug-likeness (QED) is 0.194. The molecule has 0 aromatic carbocycles. The van der Waals surface area contributed by atoms with Crippen molar-refractivity contribution in [2.75, 3.05) is 6.54 Å². The summed E-state index contributed by atoms with van der Waals surface area (Å²) < 4.78 is 0. The minimum atomic E-state index is 0.317. The van der Waals surface area contributed by atoms with Gasteiger partial charge in [0.15, 0.2) is 5.17 Å². The van der Waals surface area contributed by atoms with Crippen molar-refractivity contribution in [3.8, 4) is 6.19 Å². The van der Waals surface area contributed by atoms with Crippen LogP contribution in [0.3, 0.4) is 0 Å². The predicted molar refractivity (Wildman–Crippen MR) is 40.2 cm³/mol. The summed E-state index contributed by atoms with van der Waals surface area (Å²) in [6.07, 6.45) is 3.25. The third-order valence-electron chi connectivity index (χ3n) is 0.560. The largest absolute Gasteiger partial charge is 0.361 e. The Morgan fingerprint density at radius 1 is 2.00 bits per heavy atom. The summed E-state index contributed by atoms with van der Waals surface area (Å²) in [6.45, 7) is 4.03. The molecule has 0 heterocycles. The van der Waals surface area contributed by atoms with Crippen molar-refractivity contribution < 1.29 is 0 Å². The summed E-state index contributed by atoms with van der Waals surface area (Å²) in [5, 5.41) is 11.0. The first-order chi connectivity index (χ1) is 4.31. The molecule has 0 radical (unpaired) electrons. The average molecular weight is 141 g/mol. The molecule has 0 aliphatic carbocycles. The Morgan fingerprint density at radius 3 is 3.11 bits per heavy atom. The average Bonchev–Trinajstić information content (AvgIpc) is 1.85. The van der Waals surface area contributed by atoms with E-state index in [0.29, 0.717) is 11.7 Å². The van der Waals surface area contributed by atoms with Gasteiger partial charge in [0.05, 0.1) is 0 Å². The van der Waals surface area contributed by atoms with Crippen molar-refractivity contribution in [3.05, 3.63) is 12.7 Å². The van der Waals surface area contributed by atoms with Crippen LogP contribution in [-0.2, 0) is 0 Å². The highest BCUT2D eigenvalue weighted by molar-refractivity contribution is 7.96. The van der Waals surface area contributed by atoms with E-state index in [-0.39, 0.29) is 0 Å². The third-order valence-corrected chi connectivity index (χ3v) is 0.819. The minimum Gasteiger partial charge on any atom is -0.361 e. The van der Waals surface area contributed by atoms with Gasteiger partial charge in [-0.05, 0) is 0 Å². The van der Waals surface area contributed by atoms with Crippen molar-refractivity contribution in [1.29, 1.82) is 5.26 Å². The lowest BCUT2D eigenvalue weighted by atomic mass is 10.6. The number of nitrogens with one attached hydrogen (secondary N) is 1. The van der Waals surface area contributed by atoms with Crippen molar-refractivity contribution in [1.82, 2.24) is 5.32 Å². The molecule has 0 saturated carbocycles. The first-order valence-corrected chi connectivity index (χ1v) is 2.76. The van der Waals surface area contributed by atoms with Crippen LogP contribution in [0.1, 0.15) is 0 Å². The van der Waals surface area contributed by atoms with E-state index >= 15 is 0 Å². The molecule has 3 nitrogen and oxygen atoms in total. The monoisotopic (exact) mass is 141 g/mol. The summed E-state index contributed by atoms with van der Waals surface area (Å²) >= 11 is 3.81. The van der Waals surface area contributed by atoms with Crippen LogP contribution in [-0.4, -0.2) is 11.7 Å². The van der Waals surface area contributed by atoms with Crippen molar-refractivity contribution >= 4 is 17.8 Å². The Bertz CT molecular complexity index is 156. The number of hydrogen-bond donors (Lipinski definition) is 2. The first kappa shape index (κ1) is 8.05. The zero-order chi connectivity index (χ0) is 7.11. The van der Waals surface area contributed by atoms with Gasteiger partial charge in [0.25, 0.3) is 0 Å². The van der Waals surface area contributed by atoms with E-state index in [9.17, 15) is 0 Å². The number of amidine groups is 1. The standard InChI is InChI=1S/C5H7N3S/c1-2-3-7-5(9)8-4-6/h2H,1,3H2,(H2,7,8,9). The van der Waals surface area contributed by atoms with Gasteiger partial charge >= 0.3 is 0 Å². The van der Waals surface area contributed by atoms with Crippen LogP contribution in [0.25, 0.3) is 0 Å². The zero-order valence-electron chi connectivity index (χ0n) is 4.83. The lowest BCUT2D eigenvalue weighted by Crippen LogP contribution is -2.17. The molecule has 0 fully saturated rings. The molecule has 0 aromatic heterocycles. The highest BCUT2D eigenvalue weighted by Gasteiger charge is 1.83. The van der Waals surface area contributed by atoms with Crippen molar-refractivity contribution in [2.24, 2.45) is 4.99 Å². The van der Waals surface area contributed by atoms with Crippen LogP contribution in [0.5, 0.6) is 0 Å². The molecule has 0 rings (SSSR count). The second kappa shape index (κ2) is 5.19. The van der Waals surface area contributed by atoms with Gasteiger partial charge in [-0.25, -0.2) is 0 Å². The fourth-order valence-electron chi connectivity index (χ4n) is 0.250. The predicted octanol–water partition coefficient (Wildman–Crippen LogP) is 0.529. The lowest BCUT2D eigenvalue weighted by molar-refractivity contribution is 1.06. The first-order valence-electron chi connectivity index (χ1n) is 2.31. The van der Waals surface area contributed by atoms with Crippen LogP contribution in [0.4, 0.5) is 0 Å². The molecule has 0 saturated heterocycles. The second-order valence-corrected chi connectivity index (χ2v) is 1.63. The molecule has 9 heavy (non-hydrogen) atoms. The molecule has 0 bridgehead atoms. The fraction of sp³-hybridized carbons (Fsp3) is 0.200. The van der Waals surface area contributed by atoms with Gasteiger partial charge in [0.2, 0.25) is 6.19 Å². The van der Waals surface area contributed by atoms with Gasteiger partial charge in [-0.1, -0.05) is 6.08 Å². The number of nitriles is 1. The van der Waals surface area contributed by atoms with Crippen LogP contribution in [0, 0.1) is 11.5 Å². The van der Waals surface area contributed by atoms with Gasteiger partial charge in [0.1, 0.15) is 0 Å². The summed E-state index contributed by atoms with van der Waals surface area (Å²) in [4.78, 5) is 3.29. The zero-order valence-corrected chi connectivity index (χ0v) is 5.73. The molecule has 0 aliphatic rings. The Labute approximate surface area is 59.5 Å². The molecule has 0 atom stereocenters. The number of hydrogen-bond acceptors (Lipinski definition) is 2. The Morgan fingerprint density at radius 2 is 2.67 bits per heavy atom. The SMILES string of the molecule is C=CCN/C(S)=N/C#N. The topological polar surface area (TPSA) is 48.2 Å². The molecule has 4 heteroatoms. The molecular weight excluding hydrogens is 134 g/mol. The van der Waals surface area contributed by atoms with Gasteiger partial charge in [-0.2, -0.15) is 5.26 Å². The van der Waals surface area contributed by atoms with Crippen LogP contribution < -0.4 is 5.32 Å². The smallest absolute Gasteiger partial charge is 0.208 e. The summed E-state index contributed by atoms with van der Waals surface area (Å²) in [5.41, 5.74) is 0. The Kier molecular flexibility index (Phi) is 4.64. The molecule has 0 spiro atoms. The molecule has 0 aromatic rings. The summed E-state index contributed by atoms with van der Waals surface area (Å²) in [7, 11) is 0. The van der Waals surface area contributed by atoms with Crippen molar-refractivity contribution in [2.45, 2.75) is 0 Å². The van der Waals surface area contributed by atoms with Gasteiger partial charge in [-0.15, -0.1) is 24.2 Å². The number of thiol groups is 1. The summed E-state index contributed by atoms with van der Waals surface area (Å²) in [5.74, 6) is 0. The van der Waals surface area contributed by atoms with E-state index < -0.39 is 0 Å². The van der Waals surface area contributed by atoms with E-state index in [2.05, 4.69) is 29.5 Å². The van der Waals surface area contributed by atoms with Crippen molar-refractivity contribution in [3.63, 3.8) is 0 Å². The van der Waals surface area contributed by atoms with Crippen LogP contribution in [0.2, 0.25) is 0 Å². The normalized spacial score (nSPS) is 10.0. The molecule has 48 valence electrons. The van der Waals surface area contributed by atoms with E-state index in [1.54, 1.807) is 12.3 Å². The number of rotatable bonds is 2. The Hall–Kier alpha value is -0.950. The third kappa shape index (κ3) is 4.91. The van der Waals surface area contributed by atoms with E-state index in [4.69, 9.17) is 5.26 Å². The Balaban J connectivity index is 3.52. The lowest BCUT2D eigenvalue weighted by Gasteiger charge is -1.94. The van der Waals surface area contributed by atoms with Gasteiger partial charge in [0, 0.05) is 6.54 Å². The maximum atomic E-state index is 7.98. The van der Waals surface area contributed by atoms with Gasteiger partial charge in [-0.3, -0.25) is 0 Å². The molecule has 1 N–H and O–H groups in total. The van der Waals surface area contributed by atoms with Crippen LogP contribution in [0.15, 0.2) is 17.6 Å². The van der Waals surface area contributed by atoms with E-state index in [1.807, 2.05) is 0 Å². The van der Waals surface area contributed by atoms with E-state index in [0.717, 1.165) is 0 Å². The highest BCUT2D eigenvalue weighted by atomic mass is 32.1. The molecule has 0 aliphatic heterocycles. The van der Waals surface area contributed by atoms with Crippen LogP contribution >= 0.6 is 12.6 Å². The highest BCUT2D eigenvalue weighted by Crippen LogP contribution is 1.77. The maximum Gasteiger partial charge on any atom is 0.208 e. The second-order valence-electron chi connectivity index (χ2n) is 1.20. The summed E-state index contributed by atoms with van der Waals surface area (Å²) in [6, 6.07) is 0. The number of nitrogens with zero attached hydrogens (tertiary/aromatic N) is 2. The minimum absolute atomic E-state index is 0.317. The van der Waals surface area contributed by atoms with Gasteiger partial charge < -0.3 is 5.32 Å². The van der Waals surface area contributed by atoms with E-state index in [1.165, 1.54) is 0 Å².